The molecule has 1 saturated heterocycles. The quantitative estimate of drug-likeness (QED) is 0.847. The molecule has 4 rings (SSSR count). The van der Waals surface area contributed by atoms with E-state index in [0.717, 1.165) is 51.3 Å². The zero-order valence-corrected chi connectivity index (χ0v) is 14.8. The van der Waals surface area contributed by atoms with Gasteiger partial charge in [-0.05, 0) is 48.9 Å². The van der Waals surface area contributed by atoms with Crippen molar-refractivity contribution >= 4 is 11.7 Å². The number of pyridine rings is 1. The van der Waals surface area contributed by atoms with E-state index >= 15 is 0 Å². The van der Waals surface area contributed by atoms with Crippen LogP contribution in [0, 0.1) is 12.8 Å². The predicted octanol–water partition coefficient (Wildman–Crippen LogP) is 2.84. The van der Waals surface area contributed by atoms with Crippen molar-refractivity contribution in [3.8, 4) is 0 Å². The third-order valence-corrected chi connectivity index (χ3v) is 5.57. The van der Waals surface area contributed by atoms with Gasteiger partial charge in [-0.25, -0.2) is 4.98 Å². The van der Waals surface area contributed by atoms with Crippen molar-refractivity contribution in [2.24, 2.45) is 5.92 Å². The molecule has 2 aliphatic rings. The van der Waals surface area contributed by atoms with E-state index in [1.54, 1.807) is 0 Å². The number of piperazine rings is 1. The summed E-state index contributed by atoms with van der Waals surface area (Å²) < 4.78 is 0. The molecule has 2 aromatic rings. The Balaban J connectivity index is 1.38. The molecule has 0 N–H and O–H groups in total. The van der Waals surface area contributed by atoms with Crippen LogP contribution in [-0.2, 0) is 17.6 Å². The summed E-state index contributed by atoms with van der Waals surface area (Å²) in [5.74, 6) is 1.55. The fourth-order valence-electron chi connectivity index (χ4n) is 4.11. The Morgan fingerprint density at radius 1 is 1.04 bits per heavy atom. The minimum Gasteiger partial charge on any atom is -0.353 e. The molecule has 4 heteroatoms. The lowest BCUT2D eigenvalue weighted by molar-refractivity contribution is -0.136. The van der Waals surface area contributed by atoms with Crippen molar-refractivity contribution in [3.63, 3.8) is 0 Å². The molecular weight excluding hydrogens is 310 g/mol. The second-order valence-corrected chi connectivity index (χ2v) is 7.16. The van der Waals surface area contributed by atoms with Crippen molar-refractivity contribution in [1.29, 1.82) is 0 Å². The van der Waals surface area contributed by atoms with Crippen LogP contribution in [0.15, 0.2) is 42.6 Å². The molecule has 0 spiro atoms. The number of nitrogens with zero attached hydrogens (tertiary/aromatic N) is 3. The molecule has 0 bridgehead atoms. The van der Waals surface area contributed by atoms with Gasteiger partial charge in [-0.1, -0.05) is 30.3 Å². The number of carbonyl (C=O) groups is 1. The minimum absolute atomic E-state index is 0.151. The Hall–Kier alpha value is -2.36. The maximum Gasteiger partial charge on any atom is 0.226 e. The first-order valence-electron chi connectivity index (χ1n) is 9.24. The Labute approximate surface area is 149 Å². The molecule has 1 aromatic heterocycles. The summed E-state index contributed by atoms with van der Waals surface area (Å²) in [6.07, 6.45) is 4.75. The summed E-state index contributed by atoms with van der Waals surface area (Å²) >= 11 is 0. The molecule has 1 aliphatic heterocycles. The molecule has 1 aromatic carbocycles. The van der Waals surface area contributed by atoms with E-state index in [-0.39, 0.29) is 5.92 Å². The zero-order chi connectivity index (χ0) is 17.2. The second-order valence-electron chi connectivity index (χ2n) is 7.16. The molecule has 1 aliphatic carbocycles. The van der Waals surface area contributed by atoms with E-state index in [1.807, 2.05) is 12.3 Å². The molecule has 0 saturated carbocycles. The highest BCUT2D eigenvalue weighted by atomic mass is 16.2. The Morgan fingerprint density at radius 2 is 1.80 bits per heavy atom. The van der Waals surface area contributed by atoms with E-state index in [0.29, 0.717) is 5.91 Å². The van der Waals surface area contributed by atoms with Crippen molar-refractivity contribution in [2.45, 2.75) is 26.2 Å². The van der Waals surface area contributed by atoms with Gasteiger partial charge < -0.3 is 9.80 Å². The van der Waals surface area contributed by atoms with Crippen LogP contribution in [0.25, 0.3) is 0 Å². The third-order valence-electron chi connectivity index (χ3n) is 5.57. The summed E-state index contributed by atoms with van der Waals surface area (Å²) in [5, 5.41) is 0. The van der Waals surface area contributed by atoms with E-state index in [9.17, 15) is 4.79 Å². The molecule has 1 atom stereocenters. The van der Waals surface area contributed by atoms with Crippen LogP contribution in [0.1, 0.15) is 23.1 Å². The first-order valence-corrected chi connectivity index (χ1v) is 9.24. The maximum absolute atomic E-state index is 13.0. The van der Waals surface area contributed by atoms with Crippen molar-refractivity contribution in [1.82, 2.24) is 9.88 Å². The fourth-order valence-corrected chi connectivity index (χ4v) is 4.11. The molecule has 130 valence electrons. The lowest BCUT2D eigenvalue weighted by Gasteiger charge is -2.38. The van der Waals surface area contributed by atoms with Crippen LogP contribution in [0.2, 0.25) is 0 Å². The summed E-state index contributed by atoms with van der Waals surface area (Å²) in [7, 11) is 0. The van der Waals surface area contributed by atoms with E-state index in [2.05, 4.69) is 52.0 Å². The number of rotatable bonds is 2. The highest BCUT2D eigenvalue weighted by Crippen LogP contribution is 2.27. The maximum atomic E-state index is 13.0. The molecule has 25 heavy (non-hydrogen) atoms. The monoisotopic (exact) mass is 335 g/mol. The second kappa shape index (κ2) is 6.87. The van der Waals surface area contributed by atoms with Crippen molar-refractivity contribution in [2.75, 3.05) is 31.1 Å². The normalized spacial score (nSPS) is 20.3. The third kappa shape index (κ3) is 3.26. The van der Waals surface area contributed by atoms with E-state index in [1.165, 1.54) is 16.7 Å². The molecule has 0 unspecified atom stereocenters. The van der Waals surface area contributed by atoms with Crippen molar-refractivity contribution in [3.05, 3.63) is 59.3 Å². The average Bonchev–Trinajstić information content (AvgIpc) is 2.67. The Kier molecular flexibility index (Phi) is 4.43. The Bertz CT molecular complexity index is 765. The first kappa shape index (κ1) is 16.1. The van der Waals surface area contributed by atoms with Crippen molar-refractivity contribution < 1.29 is 4.79 Å². The first-order chi connectivity index (χ1) is 12.2. The number of carbonyl (C=O) groups excluding carboxylic acids is 1. The minimum atomic E-state index is 0.151. The van der Waals surface area contributed by atoms with Gasteiger partial charge in [0, 0.05) is 38.3 Å². The molecule has 4 nitrogen and oxygen atoms in total. The number of aromatic nitrogens is 1. The van der Waals surface area contributed by atoms with Crippen LogP contribution in [-0.4, -0.2) is 42.0 Å². The van der Waals surface area contributed by atoms with Gasteiger partial charge in [0.2, 0.25) is 5.91 Å². The lowest BCUT2D eigenvalue weighted by Crippen LogP contribution is -2.51. The zero-order valence-electron chi connectivity index (χ0n) is 14.8. The van der Waals surface area contributed by atoms with Gasteiger partial charge >= 0.3 is 0 Å². The highest BCUT2D eigenvalue weighted by Gasteiger charge is 2.30. The molecule has 1 fully saturated rings. The molecule has 1 amide bonds. The van der Waals surface area contributed by atoms with Gasteiger partial charge in [-0.3, -0.25) is 4.79 Å². The average molecular weight is 335 g/mol. The number of benzene rings is 1. The van der Waals surface area contributed by atoms with E-state index < -0.39 is 0 Å². The summed E-state index contributed by atoms with van der Waals surface area (Å²) in [5.41, 5.74) is 3.98. The summed E-state index contributed by atoms with van der Waals surface area (Å²) in [6, 6.07) is 12.6. The topological polar surface area (TPSA) is 36.4 Å². The van der Waals surface area contributed by atoms with Gasteiger partial charge in [0.1, 0.15) is 5.82 Å². The number of fused-ring (bicyclic) bond motifs is 1. The number of amides is 1. The fraction of sp³-hybridized carbons (Fsp3) is 0.429. The van der Waals surface area contributed by atoms with Crippen LogP contribution < -0.4 is 4.90 Å². The summed E-state index contributed by atoms with van der Waals surface area (Å²) in [6.45, 7) is 5.43. The number of hydrogen-bond acceptors (Lipinski definition) is 3. The van der Waals surface area contributed by atoms with Gasteiger partial charge in [0.05, 0.1) is 0 Å². The van der Waals surface area contributed by atoms with Gasteiger partial charge in [-0.2, -0.15) is 0 Å². The number of aryl methyl sites for hydroxylation is 2. The van der Waals surface area contributed by atoms with Crippen LogP contribution in [0.5, 0.6) is 0 Å². The van der Waals surface area contributed by atoms with Gasteiger partial charge in [0.15, 0.2) is 0 Å². The predicted molar refractivity (Wildman–Crippen MR) is 99.7 cm³/mol. The van der Waals surface area contributed by atoms with Crippen LogP contribution in [0.4, 0.5) is 5.82 Å². The van der Waals surface area contributed by atoms with Gasteiger partial charge in [0.25, 0.3) is 0 Å². The SMILES string of the molecule is Cc1cccnc1N1CCN(C(=O)[C@@H]2CCc3ccccc3C2)CC1. The molecule has 0 radical (unpaired) electrons. The van der Waals surface area contributed by atoms with Gasteiger partial charge in [-0.15, -0.1) is 0 Å². The van der Waals surface area contributed by atoms with Crippen LogP contribution >= 0.6 is 0 Å². The Morgan fingerprint density at radius 3 is 2.56 bits per heavy atom. The van der Waals surface area contributed by atoms with E-state index in [4.69, 9.17) is 0 Å². The number of anilines is 1. The largest absolute Gasteiger partial charge is 0.353 e. The lowest BCUT2D eigenvalue weighted by atomic mass is 9.83. The smallest absolute Gasteiger partial charge is 0.226 e. The van der Waals surface area contributed by atoms with Crippen LogP contribution in [0.3, 0.4) is 0 Å². The molecular formula is C21H25N3O. The highest BCUT2D eigenvalue weighted by molar-refractivity contribution is 5.80. The molecule has 2 heterocycles. The summed E-state index contributed by atoms with van der Waals surface area (Å²) in [4.78, 5) is 21.8. The number of hydrogen-bond donors (Lipinski definition) is 0. The standard InChI is InChI=1S/C21H25N3O/c1-16-5-4-10-22-20(16)23-11-13-24(14-12-23)21(25)19-9-8-17-6-2-3-7-18(17)15-19/h2-7,10,19H,8-9,11-15H2,1H3/t19-/m1/s1.